The molecule has 1 fully saturated rings. The number of rotatable bonds is 3. The van der Waals surface area contributed by atoms with Gasteiger partial charge < -0.3 is 4.90 Å². The predicted octanol–water partition coefficient (Wildman–Crippen LogP) is 1.12. The Balaban J connectivity index is 2.14. The molecule has 7 heteroatoms. The SMILES string of the molecule is CCCCN1C(=O)C(=C2C(=O)NC(=S)NC2=O)c2ccccc21. The Morgan fingerprint density at radius 2 is 1.70 bits per heavy atom. The lowest BCUT2D eigenvalue weighted by Gasteiger charge is -2.19. The molecule has 0 radical (unpaired) electrons. The second-order valence-corrected chi connectivity index (χ2v) is 5.72. The maximum absolute atomic E-state index is 12.8. The van der Waals surface area contributed by atoms with E-state index in [1.807, 2.05) is 19.1 Å². The summed E-state index contributed by atoms with van der Waals surface area (Å²) in [6, 6.07) is 7.17. The van der Waals surface area contributed by atoms with Crippen molar-refractivity contribution in [2.75, 3.05) is 11.4 Å². The molecule has 3 amide bonds. The summed E-state index contributed by atoms with van der Waals surface area (Å²) < 4.78 is 0. The number of unbranched alkanes of at least 4 members (excludes halogenated alkanes) is 1. The molecule has 1 aromatic carbocycles. The van der Waals surface area contributed by atoms with Crippen molar-refractivity contribution in [2.45, 2.75) is 19.8 Å². The second-order valence-electron chi connectivity index (χ2n) is 5.31. The van der Waals surface area contributed by atoms with E-state index in [2.05, 4.69) is 10.6 Å². The van der Waals surface area contributed by atoms with Crippen LogP contribution in [0.4, 0.5) is 5.69 Å². The van der Waals surface area contributed by atoms with Gasteiger partial charge in [0.1, 0.15) is 5.57 Å². The molecule has 23 heavy (non-hydrogen) atoms. The van der Waals surface area contributed by atoms with E-state index in [4.69, 9.17) is 12.2 Å². The fourth-order valence-electron chi connectivity index (χ4n) is 2.75. The van der Waals surface area contributed by atoms with Crippen LogP contribution in [0.2, 0.25) is 0 Å². The first-order chi connectivity index (χ1) is 11.0. The summed E-state index contributed by atoms with van der Waals surface area (Å²) in [6.45, 7) is 2.58. The van der Waals surface area contributed by atoms with E-state index in [-0.39, 0.29) is 22.2 Å². The van der Waals surface area contributed by atoms with Crippen molar-refractivity contribution in [3.8, 4) is 0 Å². The number of anilines is 1. The van der Waals surface area contributed by atoms with Crippen molar-refractivity contribution >= 4 is 46.3 Å². The van der Waals surface area contributed by atoms with Crippen LogP contribution in [0.15, 0.2) is 29.8 Å². The zero-order valence-electron chi connectivity index (χ0n) is 12.5. The summed E-state index contributed by atoms with van der Waals surface area (Å²) in [4.78, 5) is 38.8. The minimum absolute atomic E-state index is 0.0501. The number of benzene rings is 1. The van der Waals surface area contributed by atoms with Crippen molar-refractivity contribution in [2.24, 2.45) is 0 Å². The molecule has 118 valence electrons. The first-order valence-corrected chi connectivity index (χ1v) is 7.77. The molecule has 2 aliphatic heterocycles. The van der Waals surface area contributed by atoms with E-state index in [1.54, 1.807) is 17.0 Å². The Morgan fingerprint density at radius 3 is 2.35 bits per heavy atom. The summed E-state index contributed by atoms with van der Waals surface area (Å²) in [5.74, 6) is -1.61. The van der Waals surface area contributed by atoms with Gasteiger partial charge in [-0.3, -0.25) is 25.0 Å². The summed E-state index contributed by atoms with van der Waals surface area (Å²) in [5.41, 5.74) is 1.27. The molecule has 0 saturated carbocycles. The zero-order valence-corrected chi connectivity index (χ0v) is 13.3. The third kappa shape index (κ3) is 2.53. The molecule has 1 saturated heterocycles. The summed E-state index contributed by atoms with van der Waals surface area (Å²) in [5, 5.41) is 4.71. The molecule has 2 aliphatic rings. The summed E-state index contributed by atoms with van der Waals surface area (Å²) >= 11 is 4.79. The minimum Gasteiger partial charge on any atom is -0.308 e. The van der Waals surface area contributed by atoms with Crippen LogP contribution in [-0.4, -0.2) is 29.4 Å². The molecular formula is C16H15N3O3S. The van der Waals surface area contributed by atoms with Crippen LogP contribution >= 0.6 is 12.2 Å². The number of hydrogen-bond donors (Lipinski definition) is 2. The number of thiocarbonyl (C=S) groups is 1. The van der Waals surface area contributed by atoms with E-state index in [1.165, 1.54) is 0 Å². The van der Waals surface area contributed by atoms with Crippen LogP contribution in [0, 0.1) is 0 Å². The van der Waals surface area contributed by atoms with E-state index >= 15 is 0 Å². The Hall–Kier alpha value is -2.54. The number of carbonyl (C=O) groups excluding carboxylic acids is 3. The van der Waals surface area contributed by atoms with Crippen molar-refractivity contribution in [1.82, 2.24) is 10.6 Å². The predicted molar refractivity (Wildman–Crippen MR) is 89.5 cm³/mol. The molecule has 1 aromatic rings. The van der Waals surface area contributed by atoms with E-state index in [0.717, 1.165) is 18.5 Å². The van der Waals surface area contributed by atoms with Crippen LogP contribution in [-0.2, 0) is 14.4 Å². The average molecular weight is 329 g/mol. The number of fused-ring (bicyclic) bond motifs is 1. The lowest BCUT2D eigenvalue weighted by atomic mass is 9.99. The van der Waals surface area contributed by atoms with Crippen molar-refractivity contribution < 1.29 is 14.4 Å². The normalized spacial score (nSPS) is 17.3. The monoisotopic (exact) mass is 329 g/mol. The van der Waals surface area contributed by atoms with E-state index < -0.39 is 11.8 Å². The van der Waals surface area contributed by atoms with Crippen LogP contribution in [0.3, 0.4) is 0 Å². The van der Waals surface area contributed by atoms with Gasteiger partial charge in [-0.15, -0.1) is 0 Å². The van der Waals surface area contributed by atoms with Crippen LogP contribution < -0.4 is 15.5 Å². The number of hydrogen-bond acceptors (Lipinski definition) is 4. The fourth-order valence-corrected chi connectivity index (χ4v) is 2.94. The van der Waals surface area contributed by atoms with Gasteiger partial charge in [0.25, 0.3) is 17.7 Å². The number of nitrogens with zero attached hydrogens (tertiary/aromatic N) is 1. The van der Waals surface area contributed by atoms with Gasteiger partial charge in [-0.05, 0) is 24.7 Å². The lowest BCUT2D eigenvalue weighted by Crippen LogP contribution is -2.52. The van der Waals surface area contributed by atoms with Gasteiger partial charge in [0, 0.05) is 12.1 Å². The maximum atomic E-state index is 12.8. The molecule has 0 aromatic heterocycles. The average Bonchev–Trinajstić information content (AvgIpc) is 2.77. The highest BCUT2D eigenvalue weighted by molar-refractivity contribution is 7.80. The third-order valence-corrected chi connectivity index (χ3v) is 4.02. The number of para-hydroxylation sites is 1. The van der Waals surface area contributed by atoms with Gasteiger partial charge in [0.15, 0.2) is 5.11 Å². The maximum Gasteiger partial charge on any atom is 0.263 e. The zero-order chi connectivity index (χ0) is 16.6. The topological polar surface area (TPSA) is 78.5 Å². The second kappa shape index (κ2) is 5.92. The van der Waals surface area contributed by atoms with E-state index in [0.29, 0.717) is 12.1 Å². The molecule has 2 heterocycles. The van der Waals surface area contributed by atoms with E-state index in [9.17, 15) is 14.4 Å². The quantitative estimate of drug-likeness (QED) is 0.495. The molecule has 0 spiro atoms. The van der Waals surface area contributed by atoms with Gasteiger partial charge in [-0.1, -0.05) is 31.5 Å². The number of amides is 3. The van der Waals surface area contributed by atoms with Crippen molar-refractivity contribution in [3.63, 3.8) is 0 Å². The molecule has 6 nitrogen and oxygen atoms in total. The Morgan fingerprint density at radius 1 is 1.04 bits per heavy atom. The highest BCUT2D eigenvalue weighted by Crippen LogP contribution is 2.38. The van der Waals surface area contributed by atoms with Crippen LogP contribution in [0.25, 0.3) is 5.57 Å². The highest BCUT2D eigenvalue weighted by Gasteiger charge is 2.39. The first kappa shape index (κ1) is 15.4. The standard InChI is InChI=1S/C16H15N3O3S/c1-2-3-8-19-10-7-5-4-6-9(10)11(15(19)22)12-13(20)17-16(23)18-14(12)21/h4-7H,2-3,8H2,1H3,(H2,17,18,20,21,23). The first-order valence-electron chi connectivity index (χ1n) is 7.36. The van der Waals surface area contributed by atoms with Crippen LogP contribution in [0.5, 0.6) is 0 Å². The largest absolute Gasteiger partial charge is 0.308 e. The van der Waals surface area contributed by atoms with Gasteiger partial charge >= 0.3 is 0 Å². The highest BCUT2D eigenvalue weighted by atomic mass is 32.1. The molecule has 0 bridgehead atoms. The molecule has 0 atom stereocenters. The lowest BCUT2D eigenvalue weighted by molar-refractivity contribution is -0.124. The smallest absolute Gasteiger partial charge is 0.263 e. The summed E-state index contributed by atoms with van der Waals surface area (Å²) in [6.07, 6.45) is 1.78. The van der Waals surface area contributed by atoms with Gasteiger partial charge in [-0.25, -0.2) is 0 Å². The minimum atomic E-state index is -0.644. The van der Waals surface area contributed by atoms with Crippen molar-refractivity contribution in [3.05, 3.63) is 35.4 Å². The summed E-state index contributed by atoms with van der Waals surface area (Å²) in [7, 11) is 0. The van der Waals surface area contributed by atoms with Gasteiger partial charge in [0.2, 0.25) is 0 Å². The van der Waals surface area contributed by atoms with Crippen molar-refractivity contribution in [1.29, 1.82) is 0 Å². The number of carbonyl (C=O) groups is 3. The molecule has 3 rings (SSSR count). The van der Waals surface area contributed by atoms with Gasteiger partial charge in [-0.2, -0.15) is 0 Å². The third-order valence-electron chi connectivity index (χ3n) is 3.82. The Bertz CT molecular complexity index is 748. The molecule has 0 aliphatic carbocycles. The van der Waals surface area contributed by atoms with Gasteiger partial charge in [0.05, 0.1) is 11.3 Å². The van der Waals surface area contributed by atoms with Crippen LogP contribution in [0.1, 0.15) is 25.3 Å². The number of nitrogens with one attached hydrogen (secondary N) is 2. The Labute approximate surface area is 138 Å². The Kier molecular flexibility index (Phi) is 3.96. The molecular weight excluding hydrogens is 314 g/mol. The molecule has 2 N–H and O–H groups in total. The fraction of sp³-hybridized carbons (Fsp3) is 0.250. The molecule has 0 unspecified atom stereocenters.